The number of benzene rings is 2. The molecule has 27 heavy (non-hydrogen) atoms. The van der Waals surface area contributed by atoms with Crippen molar-refractivity contribution < 1.29 is 22.7 Å². The molecule has 0 bridgehead atoms. The van der Waals surface area contributed by atoms with Gasteiger partial charge in [0.25, 0.3) is 5.91 Å². The van der Waals surface area contributed by atoms with Gasteiger partial charge in [0.05, 0.1) is 27.2 Å². The molecule has 0 heterocycles. The summed E-state index contributed by atoms with van der Waals surface area (Å²) < 4.78 is 36.8. The van der Waals surface area contributed by atoms with E-state index >= 15 is 0 Å². The molecule has 0 aliphatic rings. The molecule has 0 aromatic heterocycles. The van der Waals surface area contributed by atoms with Crippen molar-refractivity contribution in [2.45, 2.75) is 4.90 Å². The van der Waals surface area contributed by atoms with Crippen LogP contribution >= 0.6 is 23.2 Å². The highest BCUT2D eigenvalue weighted by Gasteiger charge is 2.16. The first-order valence-corrected chi connectivity index (χ1v) is 10.0. The average molecular weight is 433 g/mol. The second kappa shape index (κ2) is 9.91. The molecule has 7 nitrogen and oxygen atoms in total. The van der Waals surface area contributed by atoms with Crippen molar-refractivity contribution in [3.63, 3.8) is 0 Å². The Hall–Kier alpha value is -1.84. The first-order chi connectivity index (χ1) is 12.8. The molecule has 2 aromatic carbocycles. The van der Waals surface area contributed by atoms with Crippen LogP contribution in [-0.4, -0.2) is 41.2 Å². The molecule has 1 amide bonds. The molecule has 2 rings (SSSR count). The van der Waals surface area contributed by atoms with Gasteiger partial charge >= 0.3 is 0 Å². The fourth-order valence-corrected chi connectivity index (χ4v) is 3.54. The Morgan fingerprint density at radius 2 is 1.85 bits per heavy atom. The maximum atomic E-state index is 12.1. The van der Waals surface area contributed by atoms with Crippen LogP contribution in [0.5, 0.6) is 5.75 Å². The van der Waals surface area contributed by atoms with Gasteiger partial charge < -0.3 is 14.8 Å². The zero-order chi connectivity index (χ0) is 19.9. The summed E-state index contributed by atoms with van der Waals surface area (Å²) in [6, 6.07) is 10.8. The molecular formula is C17H18Cl2N2O5S. The van der Waals surface area contributed by atoms with Gasteiger partial charge in [0.15, 0.2) is 6.61 Å². The lowest BCUT2D eigenvalue weighted by molar-refractivity contribution is -0.118. The summed E-state index contributed by atoms with van der Waals surface area (Å²) in [5, 5.41) is 3.07. The molecule has 2 N–H and O–H groups in total. The number of rotatable bonds is 9. The summed E-state index contributed by atoms with van der Waals surface area (Å²) in [5.74, 6) is -0.251. The van der Waals surface area contributed by atoms with Gasteiger partial charge in [-0.3, -0.25) is 4.79 Å². The summed E-state index contributed by atoms with van der Waals surface area (Å²) in [4.78, 5) is 11.9. The number of para-hydroxylation sites is 1. The first-order valence-electron chi connectivity index (χ1n) is 7.79. The van der Waals surface area contributed by atoms with E-state index in [2.05, 4.69) is 10.0 Å². The van der Waals surface area contributed by atoms with E-state index < -0.39 is 15.9 Å². The molecular weight excluding hydrogens is 415 g/mol. The topological polar surface area (TPSA) is 93.7 Å². The van der Waals surface area contributed by atoms with Crippen LogP contribution in [0.3, 0.4) is 0 Å². The molecule has 0 spiro atoms. The zero-order valence-electron chi connectivity index (χ0n) is 14.4. The Balaban J connectivity index is 1.97. The van der Waals surface area contributed by atoms with Gasteiger partial charge in [-0.05, 0) is 30.3 Å². The molecule has 0 aliphatic heterocycles. The maximum absolute atomic E-state index is 12.1. The van der Waals surface area contributed by atoms with E-state index in [1.165, 1.54) is 25.3 Å². The van der Waals surface area contributed by atoms with Gasteiger partial charge in [-0.1, -0.05) is 35.3 Å². The molecule has 0 fully saturated rings. The van der Waals surface area contributed by atoms with Crippen molar-refractivity contribution in [1.82, 2.24) is 4.72 Å². The van der Waals surface area contributed by atoms with Gasteiger partial charge in [0.1, 0.15) is 5.75 Å². The Bertz CT molecular complexity index is 906. The van der Waals surface area contributed by atoms with Crippen LogP contribution in [0.15, 0.2) is 47.4 Å². The van der Waals surface area contributed by atoms with E-state index in [9.17, 15) is 13.2 Å². The van der Waals surface area contributed by atoms with Gasteiger partial charge in [-0.25, -0.2) is 13.1 Å². The summed E-state index contributed by atoms with van der Waals surface area (Å²) in [6.45, 7) is 0.0642. The predicted octanol–water partition coefficient (Wildman–Crippen LogP) is 2.94. The summed E-state index contributed by atoms with van der Waals surface area (Å²) in [5.41, 5.74) is 0.461. The van der Waals surface area contributed by atoms with Crippen molar-refractivity contribution in [2.24, 2.45) is 0 Å². The van der Waals surface area contributed by atoms with Gasteiger partial charge in [-0.2, -0.15) is 0 Å². The Labute approximate surface area is 167 Å². The van der Waals surface area contributed by atoms with Crippen LogP contribution < -0.4 is 14.8 Å². The SMILES string of the molecule is COCCNS(=O)(=O)c1ccc(OCC(=O)Nc2ccccc2Cl)c(Cl)c1. The number of halogens is 2. The number of methoxy groups -OCH3 is 1. The molecule has 0 saturated carbocycles. The maximum Gasteiger partial charge on any atom is 0.262 e. The minimum atomic E-state index is -3.71. The zero-order valence-corrected chi connectivity index (χ0v) is 16.7. The highest BCUT2D eigenvalue weighted by molar-refractivity contribution is 7.89. The van der Waals surface area contributed by atoms with Crippen molar-refractivity contribution in [1.29, 1.82) is 0 Å². The van der Waals surface area contributed by atoms with Crippen LogP contribution in [-0.2, 0) is 19.6 Å². The lowest BCUT2D eigenvalue weighted by Gasteiger charge is -2.11. The molecule has 0 saturated heterocycles. The van der Waals surface area contributed by atoms with E-state index in [-0.39, 0.29) is 35.4 Å². The lowest BCUT2D eigenvalue weighted by Crippen LogP contribution is -2.27. The van der Waals surface area contributed by atoms with Crippen molar-refractivity contribution in [3.05, 3.63) is 52.5 Å². The van der Waals surface area contributed by atoms with Crippen molar-refractivity contribution >= 4 is 44.8 Å². The third-order valence-electron chi connectivity index (χ3n) is 3.32. The third kappa shape index (κ3) is 6.37. The Morgan fingerprint density at radius 3 is 2.52 bits per heavy atom. The highest BCUT2D eigenvalue weighted by atomic mass is 35.5. The van der Waals surface area contributed by atoms with Crippen LogP contribution in [0.25, 0.3) is 0 Å². The second-order valence-corrected chi connectivity index (χ2v) is 7.88. The van der Waals surface area contributed by atoms with E-state index in [4.69, 9.17) is 32.7 Å². The van der Waals surface area contributed by atoms with E-state index in [1.807, 2.05) is 0 Å². The number of ether oxygens (including phenoxy) is 2. The second-order valence-electron chi connectivity index (χ2n) is 5.30. The van der Waals surface area contributed by atoms with Crippen molar-refractivity contribution in [3.8, 4) is 5.75 Å². The molecule has 2 aromatic rings. The smallest absolute Gasteiger partial charge is 0.262 e. The van der Waals surface area contributed by atoms with Gasteiger partial charge in [0.2, 0.25) is 10.0 Å². The van der Waals surface area contributed by atoms with Crippen LogP contribution in [0.4, 0.5) is 5.69 Å². The minimum absolute atomic E-state index is 0.0172. The van der Waals surface area contributed by atoms with Crippen LogP contribution in [0, 0.1) is 0 Å². The van der Waals surface area contributed by atoms with E-state index in [0.717, 1.165) is 0 Å². The number of amides is 1. The number of carbonyl (C=O) groups excluding carboxylic acids is 1. The summed E-state index contributed by atoms with van der Waals surface area (Å²) in [6.07, 6.45) is 0. The summed E-state index contributed by atoms with van der Waals surface area (Å²) >= 11 is 12.0. The Kier molecular flexibility index (Phi) is 7.88. The quantitative estimate of drug-likeness (QED) is 0.594. The first kappa shape index (κ1) is 21.5. The summed E-state index contributed by atoms with van der Waals surface area (Å²) in [7, 11) is -2.24. The number of hydrogen-bond acceptors (Lipinski definition) is 5. The number of hydrogen-bond donors (Lipinski definition) is 2. The van der Waals surface area contributed by atoms with Crippen LogP contribution in [0.2, 0.25) is 10.0 Å². The average Bonchev–Trinajstić information content (AvgIpc) is 2.62. The highest BCUT2D eigenvalue weighted by Crippen LogP contribution is 2.27. The molecule has 146 valence electrons. The monoisotopic (exact) mass is 432 g/mol. The third-order valence-corrected chi connectivity index (χ3v) is 5.40. The van der Waals surface area contributed by atoms with Gasteiger partial charge in [0, 0.05) is 13.7 Å². The van der Waals surface area contributed by atoms with E-state index in [1.54, 1.807) is 24.3 Å². The normalized spacial score (nSPS) is 11.2. The van der Waals surface area contributed by atoms with Gasteiger partial charge in [-0.15, -0.1) is 0 Å². The largest absolute Gasteiger partial charge is 0.482 e. The lowest BCUT2D eigenvalue weighted by atomic mass is 10.3. The van der Waals surface area contributed by atoms with Crippen LogP contribution in [0.1, 0.15) is 0 Å². The predicted molar refractivity (Wildman–Crippen MR) is 104 cm³/mol. The molecule has 0 unspecified atom stereocenters. The minimum Gasteiger partial charge on any atom is -0.482 e. The Morgan fingerprint density at radius 1 is 1.11 bits per heavy atom. The van der Waals surface area contributed by atoms with Crippen molar-refractivity contribution in [2.75, 3.05) is 32.2 Å². The fourth-order valence-electron chi connectivity index (χ4n) is 2.02. The molecule has 0 atom stereocenters. The molecule has 10 heteroatoms. The number of nitrogens with one attached hydrogen (secondary N) is 2. The molecule has 0 radical (unpaired) electrons. The number of carbonyl (C=O) groups is 1. The fraction of sp³-hybridized carbons (Fsp3) is 0.235. The van der Waals surface area contributed by atoms with E-state index in [0.29, 0.717) is 10.7 Å². The number of anilines is 1. The number of sulfonamides is 1. The molecule has 0 aliphatic carbocycles. The standard InChI is InChI=1S/C17H18Cl2N2O5S/c1-25-9-8-20-27(23,24)12-6-7-16(14(19)10-12)26-11-17(22)21-15-5-3-2-4-13(15)18/h2-7,10,20H,8-9,11H2,1H3,(H,21,22).